The molecule has 0 spiro atoms. The Bertz CT molecular complexity index is 1840. The molecule has 0 heterocycles. The molecule has 3 aromatic carbocycles. The highest BCUT2D eigenvalue weighted by atomic mass is 32.3. The van der Waals surface area contributed by atoms with Gasteiger partial charge in [0.1, 0.15) is 0 Å². The summed E-state index contributed by atoms with van der Waals surface area (Å²) in [5, 5.41) is 27.3. The van der Waals surface area contributed by atoms with Crippen LogP contribution in [0, 0.1) is 54.8 Å². The normalized spacial score (nSPS) is 14.7. The topological polar surface area (TPSA) is 147 Å². The number of carbonyl (C=O) groups is 1. The summed E-state index contributed by atoms with van der Waals surface area (Å²) in [5.74, 6) is 0.0637. The summed E-state index contributed by atoms with van der Waals surface area (Å²) in [5.41, 5.74) is 13.7. The molecule has 0 aliphatic heterocycles. The van der Waals surface area contributed by atoms with E-state index < -0.39 is 26.7 Å². The van der Waals surface area contributed by atoms with E-state index in [0.29, 0.717) is 0 Å². The highest BCUT2D eigenvalue weighted by molar-refractivity contribution is 8.28. The van der Waals surface area contributed by atoms with E-state index in [1.54, 1.807) is 13.0 Å². The molecule has 0 aliphatic rings. The summed E-state index contributed by atoms with van der Waals surface area (Å²) >= 11 is 0. The van der Waals surface area contributed by atoms with E-state index in [1.807, 2.05) is 120 Å². The molecule has 282 valence electrons. The molecule has 3 atom stereocenters. The lowest BCUT2D eigenvalue weighted by Gasteiger charge is -2.45. The number of nitriles is 3. The molecule has 0 saturated carbocycles. The van der Waals surface area contributed by atoms with Crippen LogP contribution >= 0.6 is 10.5 Å². The third kappa shape index (κ3) is 12.0. The van der Waals surface area contributed by atoms with Crippen molar-refractivity contribution in [2.75, 3.05) is 6.26 Å². The van der Waals surface area contributed by atoms with Gasteiger partial charge in [-0.3, -0.25) is 9.52 Å². The second-order valence-corrected chi connectivity index (χ2v) is 19.8. The minimum atomic E-state index is -1.91. The molecule has 7 nitrogen and oxygen atoms in total. The Kier molecular flexibility index (Phi) is 15.7. The summed E-state index contributed by atoms with van der Waals surface area (Å²) < 4.78 is 13.9. The Hall–Kier alpha value is -3.97. The molecule has 0 aromatic heterocycles. The number of nitrogens with zero attached hydrogens (tertiary/aromatic N) is 3. The number of benzene rings is 3. The molecule has 1 unspecified atom stereocenters. The average molecular weight is 726 g/mol. The van der Waals surface area contributed by atoms with E-state index in [0.717, 1.165) is 50.1 Å². The van der Waals surface area contributed by atoms with Gasteiger partial charge in [0.05, 0.1) is 34.5 Å². The van der Waals surface area contributed by atoms with Gasteiger partial charge in [-0.2, -0.15) is 15.8 Å². The van der Waals surface area contributed by atoms with E-state index >= 15 is 0 Å². The van der Waals surface area contributed by atoms with Crippen molar-refractivity contribution >= 4 is 16.3 Å². The summed E-state index contributed by atoms with van der Waals surface area (Å²) in [6.45, 7) is 29.2. The van der Waals surface area contributed by atoms with E-state index in [9.17, 15) is 14.6 Å². The van der Waals surface area contributed by atoms with Gasteiger partial charge in [0, 0.05) is 28.6 Å². The third-order valence-electron chi connectivity index (χ3n) is 9.70. The predicted octanol–water partition coefficient (Wildman–Crippen LogP) is 10.9. The molecule has 0 saturated heterocycles. The molecule has 0 bridgehead atoms. The fourth-order valence-electron chi connectivity index (χ4n) is 5.35. The van der Waals surface area contributed by atoms with Crippen LogP contribution in [0.5, 0.6) is 0 Å². The van der Waals surface area contributed by atoms with Crippen molar-refractivity contribution in [3.63, 3.8) is 0 Å². The van der Waals surface area contributed by atoms with Crippen LogP contribution in [0.2, 0.25) is 0 Å². The van der Waals surface area contributed by atoms with Crippen LogP contribution < -0.4 is 10.5 Å². The average Bonchev–Trinajstić information content (AvgIpc) is 3.04. The third-order valence-corrected chi connectivity index (χ3v) is 12.9. The van der Waals surface area contributed by atoms with Crippen molar-refractivity contribution in [3.8, 4) is 18.2 Å². The first kappa shape index (κ1) is 46.1. The standard InChI is InChI=1S/C18H30N2OS.C13H18N2.C13H15NO/c1-13-11-15(18(6,7)12-19)9-10-16(13)14(2)20-22(8,21)17(3,4)5;2*1-9-7-11(13(3,4)8-14)5-6-12(9)10(2)15/h9-11,14,20-21H,1-8H3;5-7,10H,15H2,1-4H3;5-7H,1-4H3/t14-;10-;/m00./s1. The van der Waals surface area contributed by atoms with Crippen molar-refractivity contribution in [1.82, 2.24) is 4.72 Å². The number of ketones is 1. The molecule has 4 N–H and O–H groups in total. The first-order valence-electron chi connectivity index (χ1n) is 17.7. The zero-order chi connectivity index (χ0) is 40.6. The molecule has 8 heteroatoms. The van der Waals surface area contributed by atoms with Crippen molar-refractivity contribution in [3.05, 3.63) is 105 Å². The van der Waals surface area contributed by atoms with Crippen molar-refractivity contribution in [2.45, 2.75) is 137 Å². The number of rotatable bonds is 8. The first-order chi connectivity index (χ1) is 23.6. The lowest BCUT2D eigenvalue weighted by molar-refractivity contribution is 0.101. The number of nitrogens with one attached hydrogen (secondary N) is 1. The summed E-state index contributed by atoms with van der Waals surface area (Å²) in [6, 6.07) is 24.8. The zero-order valence-electron chi connectivity index (χ0n) is 34.5. The Labute approximate surface area is 316 Å². The zero-order valence-corrected chi connectivity index (χ0v) is 35.4. The fourth-order valence-corrected chi connectivity index (χ4v) is 6.52. The first-order valence-corrected chi connectivity index (χ1v) is 19.7. The Morgan fingerprint density at radius 3 is 1.33 bits per heavy atom. The van der Waals surface area contributed by atoms with Gasteiger partial charge in [0.2, 0.25) is 0 Å². The van der Waals surface area contributed by atoms with Gasteiger partial charge in [0.15, 0.2) is 5.78 Å². The molecule has 52 heavy (non-hydrogen) atoms. The second-order valence-electron chi connectivity index (χ2n) is 16.6. The quantitative estimate of drug-likeness (QED) is 0.196. The van der Waals surface area contributed by atoms with E-state index in [2.05, 4.69) is 55.0 Å². The minimum absolute atomic E-state index is 0.0456. The summed E-state index contributed by atoms with van der Waals surface area (Å²) in [7, 11) is -1.91. The van der Waals surface area contributed by atoms with Crippen LogP contribution in [0.1, 0.15) is 150 Å². The van der Waals surface area contributed by atoms with Crippen molar-refractivity contribution < 1.29 is 9.35 Å². The highest BCUT2D eigenvalue weighted by Crippen LogP contribution is 2.50. The highest BCUT2D eigenvalue weighted by Gasteiger charge is 2.32. The summed E-state index contributed by atoms with van der Waals surface area (Å²) in [4.78, 5) is 11.2. The number of Topliss-reactive ketones (excluding diaryl/α,β-unsaturated/α-hetero) is 1. The molecule has 0 aliphatic carbocycles. The largest absolute Gasteiger partial charge is 0.338 e. The van der Waals surface area contributed by atoms with Crippen LogP contribution in [-0.2, 0) is 16.2 Å². The van der Waals surface area contributed by atoms with Gasteiger partial charge in [0.25, 0.3) is 0 Å². The van der Waals surface area contributed by atoms with Gasteiger partial charge >= 0.3 is 0 Å². The maximum Gasteiger partial charge on any atom is 0.160 e. The van der Waals surface area contributed by atoms with Crippen molar-refractivity contribution in [2.24, 2.45) is 5.73 Å². The van der Waals surface area contributed by atoms with Gasteiger partial charge in [-0.25, -0.2) is 0 Å². The Balaban J connectivity index is 0.000000401. The molecule has 3 rings (SSSR count). The lowest BCUT2D eigenvalue weighted by Crippen LogP contribution is -2.36. The van der Waals surface area contributed by atoms with Gasteiger partial charge in [-0.15, -0.1) is 0 Å². The van der Waals surface area contributed by atoms with Crippen LogP contribution in [0.4, 0.5) is 0 Å². The number of hydrogen-bond acceptors (Lipinski definition) is 7. The second kappa shape index (κ2) is 17.7. The number of carbonyl (C=O) groups excluding carboxylic acids is 1. The Morgan fingerprint density at radius 2 is 1.04 bits per heavy atom. The molecule has 0 fully saturated rings. The van der Waals surface area contributed by atoms with Crippen LogP contribution in [0.15, 0.2) is 54.6 Å². The molecule has 0 radical (unpaired) electrons. The maximum atomic E-state index is 11.2. The number of hydrogen-bond donors (Lipinski definition) is 3. The fraction of sp³-hybridized carbons (Fsp3) is 0.500. The molecule has 3 aromatic rings. The predicted molar refractivity (Wildman–Crippen MR) is 220 cm³/mol. The molecular weight excluding hydrogens is 663 g/mol. The van der Waals surface area contributed by atoms with Crippen LogP contribution in [-0.4, -0.2) is 21.3 Å². The monoisotopic (exact) mass is 725 g/mol. The SMILES string of the molecule is CC(=O)c1ccc(C(C)(C)C#N)cc1C.Cc1cc(C(C)(C)C#N)ccc1[C@H](C)N.Cc1cc(C(C)(C)C#N)ccc1[C@H](C)NS(C)(O)C(C)(C)C. The minimum Gasteiger partial charge on any atom is -0.338 e. The van der Waals surface area contributed by atoms with Crippen LogP contribution in [0.25, 0.3) is 0 Å². The smallest absolute Gasteiger partial charge is 0.160 e. The number of aryl methyl sites for hydroxylation is 3. The molecule has 0 amide bonds. The van der Waals surface area contributed by atoms with E-state index in [1.165, 1.54) is 0 Å². The maximum absolute atomic E-state index is 11.2. The van der Waals surface area contributed by atoms with E-state index in [-0.39, 0.29) is 22.6 Å². The lowest BCUT2D eigenvalue weighted by atomic mass is 9.84. The molecular formula is C44H63N5O2S. The summed E-state index contributed by atoms with van der Waals surface area (Å²) in [6.07, 6.45) is 1.89. The number of nitrogens with two attached hydrogens (primary N) is 1. The van der Waals surface area contributed by atoms with Gasteiger partial charge in [-0.05, 0) is 148 Å². The Morgan fingerprint density at radius 1 is 0.692 bits per heavy atom. The van der Waals surface area contributed by atoms with Crippen molar-refractivity contribution in [1.29, 1.82) is 15.8 Å². The van der Waals surface area contributed by atoms with Gasteiger partial charge in [-0.1, -0.05) is 65.1 Å². The van der Waals surface area contributed by atoms with Gasteiger partial charge < -0.3 is 10.3 Å². The van der Waals surface area contributed by atoms with Crippen LogP contribution in [0.3, 0.4) is 0 Å². The van der Waals surface area contributed by atoms with E-state index in [4.69, 9.17) is 16.3 Å².